The molecular weight excluding hydrogens is 208 g/mol. The second-order valence-corrected chi connectivity index (χ2v) is 7.31. The highest BCUT2D eigenvalue weighted by Gasteiger charge is 2.36. The Bertz CT molecular complexity index is 249. The molecule has 0 aromatic heterocycles. The van der Waals surface area contributed by atoms with Crippen LogP contribution in [0.5, 0.6) is 0 Å². The topological polar surface area (TPSA) is 29.3 Å². The van der Waals surface area contributed by atoms with Gasteiger partial charge in [0.05, 0.1) is 0 Å². The van der Waals surface area contributed by atoms with Gasteiger partial charge in [0, 0.05) is 12.6 Å². The van der Waals surface area contributed by atoms with E-state index in [1.807, 2.05) is 0 Å². The summed E-state index contributed by atoms with van der Waals surface area (Å²) in [7, 11) is 0. The molecule has 2 fully saturated rings. The van der Waals surface area contributed by atoms with Crippen LogP contribution in [-0.2, 0) is 0 Å². The van der Waals surface area contributed by atoms with Crippen molar-refractivity contribution in [2.45, 2.75) is 58.9 Å². The van der Waals surface area contributed by atoms with Crippen LogP contribution in [0.4, 0.5) is 0 Å². The lowest BCUT2D eigenvalue weighted by molar-refractivity contribution is 0.0406. The first-order chi connectivity index (χ1) is 8.00. The minimum absolute atomic E-state index is 0.540. The molecule has 2 N–H and O–H groups in total. The van der Waals surface area contributed by atoms with Gasteiger partial charge in [-0.3, -0.25) is 0 Å². The Kier molecular flexibility index (Phi) is 4.14. The van der Waals surface area contributed by atoms with Gasteiger partial charge in [-0.25, -0.2) is 0 Å². The van der Waals surface area contributed by atoms with E-state index in [0.29, 0.717) is 5.41 Å². The monoisotopic (exact) mass is 238 g/mol. The molecule has 0 amide bonds. The summed E-state index contributed by atoms with van der Waals surface area (Å²) in [5.41, 5.74) is 6.39. The lowest BCUT2D eigenvalue weighted by atomic mass is 9.70. The molecule has 3 atom stereocenters. The van der Waals surface area contributed by atoms with Crippen molar-refractivity contribution in [3.8, 4) is 0 Å². The minimum atomic E-state index is 0.540. The first-order valence-electron chi connectivity index (χ1n) is 7.44. The zero-order valence-corrected chi connectivity index (χ0v) is 11.9. The van der Waals surface area contributed by atoms with Gasteiger partial charge in [0.2, 0.25) is 0 Å². The molecule has 1 saturated heterocycles. The van der Waals surface area contributed by atoms with Gasteiger partial charge in [-0.05, 0) is 62.4 Å². The zero-order chi connectivity index (χ0) is 12.5. The quantitative estimate of drug-likeness (QED) is 0.801. The van der Waals surface area contributed by atoms with E-state index in [-0.39, 0.29) is 0 Å². The van der Waals surface area contributed by atoms with Crippen LogP contribution in [0.3, 0.4) is 0 Å². The molecule has 1 saturated carbocycles. The number of rotatable bonds is 2. The van der Waals surface area contributed by atoms with E-state index in [9.17, 15) is 0 Å². The van der Waals surface area contributed by atoms with Crippen molar-refractivity contribution in [2.24, 2.45) is 23.0 Å². The van der Waals surface area contributed by atoms with Gasteiger partial charge in [-0.2, -0.15) is 0 Å². The third-order valence-corrected chi connectivity index (χ3v) is 4.76. The van der Waals surface area contributed by atoms with E-state index < -0.39 is 0 Å². The van der Waals surface area contributed by atoms with Crippen molar-refractivity contribution >= 4 is 0 Å². The molecule has 100 valence electrons. The Labute approximate surface area is 107 Å². The summed E-state index contributed by atoms with van der Waals surface area (Å²) in [6.07, 6.45) is 6.89. The lowest BCUT2D eigenvalue weighted by Gasteiger charge is -2.46. The fourth-order valence-electron chi connectivity index (χ4n) is 4.20. The molecule has 17 heavy (non-hydrogen) atoms. The van der Waals surface area contributed by atoms with Crippen LogP contribution in [0.2, 0.25) is 0 Å². The van der Waals surface area contributed by atoms with Gasteiger partial charge in [0.15, 0.2) is 0 Å². The highest BCUT2D eigenvalue weighted by atomic mass is 15.2. The number of nitrogens with zero attached hydrogens (tertiary/aromatic N) is 1. The van der Waals surface area contributed by atoms with E-state index in [2.05, 4.69) is 25.7 Å². The van der Waals surface area contributed by atoms with E-state index in [1.54, 1.807) is 0 Å². The summed E-state index contributed by atoms with van der Waals surface area (Å²) < 4.78 is 0. The van der Waals surface area contributed by atoms with Gasteiger partial charge >= 0.3 is 0 Å². The van der Waals surface area contributed by atoms with Gasteiger partial charge in [-0.15, -0.1) is 0 Å². The molecule has 1 aliphatic heterocycles. The molecule has 0 unspecified atom stereocenters. The molecule has 2 aliphatic rings. The molecule has 0 radical (unpaired) electrons. The molecule has 2 rings (SSSR count). The van der Waals surface area contributed by atoms with Crippen molar-refractivity contribution in [3.63, 3.8) is 0 Å². The number of nitrogens with two attached hydrogens (primary N) is 1. The summed E-state index contributed by atoms with van der Waals surface area (Å²) in [6, 6.07) is 0.822. The molecule has 2 heteroatoms. The van der Waals surface area contributed by atoms with Crippen LogP contribution in [0.15, 0.2) is 0 Å². The fourth-order valence-corrected chi connectivity index (χ4v) is 4.20. The summed E-state index contributed by atoms with van der Waals surface area (Å²) >= 11 is 0. The molecule has 1 heterocycles. The van der Waals surface area contributed by atoms with Crippen molar-refractivity contribution in [2.75, 3.05) is 19.6 Å². The molecule has 0 bridgehead atoms. The second-order valence-electron chi connectivity index (χ2n) is 7.31. The summed E-state index contributed by atoms with van der Waals surface area (Å²) in [6.45, 7) is 10.8. The number of hydrogen-bond acceptors (Lipinski definition) is 2. The lowest BCUT2D eigenvalue weighted by Crippen LogP contribution is -2.48. The molecule has 0 aromatic rings. The van der Waals surface area contributed by atoms with E-state index in [1.165, 1.54) is 45.2 Å². The third kappa shape index (κ3) is 3.45. The molecule has 2 nitrogen and oxygen atoms in total. The smallest absolute Gasteiger partial charge is 0.0103 e. The van der Waals surface area contributed by atoms with Crippen LogP contribution >= 0.6 is 0 Å². The van der Waals surface area contributed by atoms with Gasteiger partial charge in [-0.1, -0.05) is 20.8 Å². The Morgan fingerprint density at radius 2 is 2.06 bits per heavy atom. The number of piperidine rings is 1. The third-order valence-electron chi connectivity index (χ3n) is 4.76. The van der Waals surface area contributed by atoms with Crippen LogP contribution in [0.1, 0.15) is 52.9 Å². The van der Waals surface area contributed by atoms with Gasteiger partial charge in [0.1, 0.15) is 0 Å². The first-order valence-corrected chi connectivity index (χ1v) is 7.44. The molecule has 1 aliphatic carbocycles. The summed E-state index contributed by atoms with van der Waals surface area (Å²) in [4.78, 5) is 2.75. The van der Waals surface area contributed by atoms with E-state index in [0.717, 1.165) is 24.4 Å². The van der Waals surface area contributed by atoms with Crippen molar-refractivity contribution in [1.82, 2.24) is 4.90 Å². The Morgan fingerprint density at radius 1 is 1.29 bits per heavy atom. The maximum absolute atomic E-state index is 5.85. The van der Waals surface area contributed by atoms with Gasteiger partial charge < -0.3 is 10.6 Å². The Hall–Kier alpha value is -0.0800. The zero-order valence-electron chi connectivity index (χ0n) is 11.9. The van der Waals surface area contributed by atoms with E-state index >= 15 is 0 Å². The summed E-state index contributed by atoms with van der Waals surface area (Å²) in [5, 5.41) is 0. The first kappa shape index (κ1) is 13.4. The highest BCUT2D eigenvalue weighted by molar-refractivity contribution is 4.89. The van der Waals surface area contributed by atoms with Crippen LogP contribution < -0.4 is 5.73 Å². The maximum Gasteiger partial charge on any atom is 0.0103 e. The predicted molar refractivity (Wildman–Crippen MR) is 73.9 cm³/mol. The van der Waals surface area contributed by atoms with Crippen molar-refractivity contribution in [3.05, 3.63) is 0 Å². The predicted octanol–water partition coefficient (Wildman–Crippen LogP) is 2.87. The minimum Gasteiger partial charge on any atom is -0.330 e. The largest absolute Gasteiger partial charge is 0.330 e. The second kappa shape index (κ2) is 5.27. The standard InChI is InChI=1S/C15H30N2/c1-12-7-14(9-15(2,3)8-12)17-6-4-5-13(10-16)11-17/h12-14H,4-11,16H2,1-3H3/t12-,13-,14-/m1/s1. The highest BCUT2D eigenvalue weighted by Crippen LogP contribution is 2.41. The Morgan fingerprint density at radius 3 is 2.71 bits per heavy atom. The molecular formula is C15H30N2. The normalized spacial score (nSPS) is 39.2. The number of hydrogen-bond donors (Lipinski definition) is 1. The SMILES string of the molecule is C[C@@H]1C[C@@H](N2CCC[C@H](CN)C2)CC(C)(C)C1. The van der Waals surface area contributed by atoms with Crippen LogP contribution in [0, 0.1) is 17.3 Å². The maximum atomic E-state index is 5.85. The van der Waals surface area contributed by atoms with Crippen molar-refractivity contribution < 1.29 is 0 Å². The molecule has 0 aromatic carbocycles. The average Bonchev–Trinajstić information content (AvgIpc) is 2.26. The number of likely N-dealkylation sites (tertiary alicyclic amines) is 1. The Balaban J connectivity index is 1.96. The molecule has 0 spiro atoms. The van der Waals surface area contributed by atoms with Gasteiger partial charge in [0.25, 0.3) is 0 Å². The van der Waals surface area contributed by atoms with Crippen molar-refractivity contribution in [1.29, 1.82) is 0 Å². The summed E-state index contributed by atoms with van der Waals surface area (Å²) in [5.74, 6) is 1.64. The van der Waals surface area contributed by atoms with Crippen LogP contribution in [-0.4, -0.2) is 30.6 Å². The average molecular weight is 238 g/mol. The fraction of sp³-hybridized carbons (Fsp3) is 1.00. The van der Waals surface area contributed by atoms with E-state index in [4.69, 9.17) is 5.73 Å². The van der Waals surface area contributed by atoms with Crippen LogP contribution in [0.25, 0.3) is 0 Å².